The van der Waals surface area contributed by atoms with Gasteiger partial charge in [0.1, 0.15) is 11.6 Å². The normalized spacial score (nSPS) is 13.6. The molecule has 1 amide bonds. The van der Waals surface area contributed by atoms with E-state index in [0.29, 0.717) is 17.9 Å². The Kier molecular flexibility index (Phi) is 7.15. The molecule has 0 aliphatic rings. The molecule has 1 rings (SSSR count). The van der Waals surface area contributed by atoms with E-state index in [2.05, 4.69) is 12.2 Å². The largest absolute Gasteiger partial charge is 0.481 e. The van der Waals surface area contributed by atoms with Crippen LogP contribution in [0.15, 0.2) is 18.2 Å². The first kappa shape index (κ1) is 17.4. The molecule has 5 heteroatoms. The average Bonchev–Trinajstić information content (AvgIpc) is 2.44. The number of carbonyl (C=O) groups excluding carboxylic acids is 1. The number of ether oxygens (including phenoxy) is 1. The van der Waals surface area contributed by atoms with Crippen molar-refractivity contribution in [3.8, 4) is 5.75 Å². The van der Waals surface area contributed by atoms with Crippen molar-refractivity contribution >= 4 is 5.91 Å². The highest BCUT2D eigenvalue weighted by molar-refractivity contribution is 5.80. The number of rotatable bonds is 8. The summed E-state index contributed by atoms with van der Waals surface area (Å²) in [6.07, 6.45) is 1.53. The van der Waals surface area contributed by atoms with E-state index in [4.69, 9.17) is 4.74 Å². The number of aliphatic hydroxyl groups is 1. The van der Waals surface area contributed by atoms with Gasteiger partial charge in [0.25, 0.3) is 5.91 Å². The van der Waals surface area contributed by atoms with Crippen LogP contribution in [0.3, 0.4) is 0 Å². The number of unbranched alkanes of at least 4 members (excludes halogenated alkanes) is 2. The molecule has 2 N–H and O–H groups in total. The topological polar surface area (TPSA) is 58.6 Å². The highest BCUT2D eigenvalue weighted by Crippen LogP contribution is 2.26. The Balaban J connectivity index is 2.61. The van der Waals surface area contributed by atoms with Crippen LogP contribution in [0, 0.1) is 5.82 Å². The van der Waals surface area contributed by atoms with Gasteiger partial charge in [0.05, 0.1) is 6.10 Å². The van der Waals surface area contributed by atoms with E-state index in [-0.39, 0.29) is 5.91 Å². The summed E-state index contributed by atoms with van der Waals surface area (Å²) < 4.78 is 18.7. The maximum atomic E-state index is 13.2. The van der Waals surface area contributed by atoms with Crippen LogP contribution in [0.5, 0.6) is 5.75 Å². The van der Waals surface area contributed by atoms with Crippen molar-refractivity contribution in [3.63, 3.8) is 0 Å². The van der Waals surface area contributed by atoms with Crippen LogP contribution in [0.25, 0.3) is 0 Å². The molecule has 0 fully saturated rings. The minimum absolute atomic E-state index is 0.216. The lowest BCUT2D eigenvalue weighted by Gasteiger charge is -2.18. The maximum Gasteiger partial charge on any atom is 0.260 e. The lowest BCUT2D eigenvalue weighted by Crippen LogP contribution is -2.37. The third-order valence-corrected chi connectivity index (χ3v) is 3.17. The molecule has 0 aromatic heterocycles. The summed E-state index contributed by atoms with van der Waals surface area (Å²) in [6, 6.07) is 3.89. The average molecular weight is 297 g/mol. The van der Waals surface area contributed by atoms with Crippen LogP contribution in [-0.4, -0.2) is 23.7 Å². The number of halogens is 1. The van der Waals surface area contributed by atoms with Gasteiger partial charge in [-0.2, -0.15) is 0 Å². The molecule has 0 saturated heterocycles. The third kappa shape index (κ3) is 5.71. The zero-order valence-electron chi connectivity index (χ0n) is 12.9. The Morgan fingerprint density at radius 3 is 2.71 bits per heavy atom. The monoisotopic (exact) mass is 297 g/mol. The second-order valence-electron chi connectivity index (χ2n) is 5.12. The summed E-state index contributed by atoms with van der Waals surface area (Å²) in [5, 5.41) is 12.4. The Hall–Kier alpha value is -1.62. The molecule has 0 spiro atoms. The Morgan fingerprint density at radius 2 is 2.10 bits per heavy atom. The molecule has 2 atom stereocenters. The molecule has 0 bridgehead atoms. The fraction of sp³-hybridized carbons (Fsp3) is 0.562. The van der Waals surface area contributed by atoms with E-state index in [1.807, 2.05) is 0 Å². The maximum absolute atomic E-state index is 13.2. The predicted octanol–water partition coefficient (Wildman–Crippen LogP) is 2.95. The van der Waals surface area contributed by atoms with Gasteiger partial charge in [0.2, 0.25) is 0 Å². The Labute approximate surface area is 125 Å². The highest BCUT2D eigenvalue weighted by atomic mass is 19.1. The summed E-state index contributed by atoms with van der Waals surface area (Å²) in [4.78, 5) is 11.9. The molecular weight excluding hydrogens is 273 g/mol. The van der Waals surface area contributed by atoms with Gasteiger partial charge in [0, 0.05) is 12.1 Å². The molecule has 0 saturated carbocycles. The number of aliphatic hydroxyl groups excluding tert-OH is 1. The SMILES string of the molecule is CCCCCNC(=O)C(C)Oc1ccc(F)cc1[C@@H](C)O. The van der Waals surface area contributed by atoms with Crippen molar-refractivity contribution in [1.29, 1.82) is 0 Å². The van der Waals surface area contributed by atoms with Crippen molar-refractivity contribution in [2.24, 2.45) is 0 Å². The standard InChI is InChI=1S/C16H24FNO3/c1-4-5-6-9-18-16(20)12(3)21-15-8-7-13(17)10-14(15)11(2)19/h7-8,10-12,19H,4-6,9H2,1-3H3,(H,18,20)/t11-,12?/m1/s1. The second kappa shape index (κ2) is 8.62. The van der Waals surface area contributed by atoms with Crippen LogP contribution in [0.2, 0.25) is 0 Å². The summed E-state index contributed by atoms with van der Waals surface area (Å²) in [5.74, 6) is -0.343. The molecule has 1 aromatic rings. The zero-order valence-corrected chi connectivity index (χ0v) is 12.9. The smallest absolute Gasteiger partial charge is 0.260 e. The molecule has 21 heavy (non-hydrogen) atoms. The van der Waals surface area contributed by atoms with Gasteiger partial charge in [-0.3, -0.25) is 4.79 Å². The zero-order chi connectivity index (χ0) is 15.8. The Bertz CT molecular complexity index is 463. The minimum Gasteiger partial charge on any atom is -0.481 e. The number of carbonyl (C=O) groups is 1. The van der Waals surface area contributed by atoms with E-state index < -0.39 is 18.0 Å². The summed E-state index contributed by atoms with van der Waals surface area (Å²) in [5.41, 5.74) is 0.334. The van der Waals surface area contributed by atoms with Crippen LogP contribution >= 0.6 is 0 Å². The molecule has 0 aliphatic carbocycles. The molecule has 4 nitrogen and oxygen atoms in total. The third-order valence-electron chi connectivity index (χ3n) is 3.17. The van der Waals surface area contributed by atoms with Crippen LogP contribution in [0.4, 0.5) is 4.39 Å². The molecule has 1 aromatic carbocycles. The fourth-order valence-corrected chi connectivity index (χ4v) is 1.93. The van der Waals surface area contributed by atoms with E-state index in [0.717, 1.165) is 19.3 Å². The van der Waals surface area contributed by atoms with Gasteiger partial charge in [-0.25, -0.2) is 4.39 Å². The van der Waals surface area contributed by atoms with Crippen molar-refractivity contribution in [2.75, 3.05) is 6.54 Å². The van der Waals surface area contributed by atoms with Crippen molar-refractivity contribution in [3.05, 3.63) is 29.6 Å². The van der Waals surface area contributed by atoms with Crippen molar-refractivity contribution in [1.82, 2.24) is 5.32 Å². The summed E-state index contributed by atoms with van der Waals surface area (Å²) >= 11 is 0. The number of hydrogen-bond acceptors (Lipinski definition) is 3. The van der Waals surface area contributed by atoms with Gasteiger partial charge in [-0.05, 0) is 38.5 Å². The molecule has 118 valence electrons. The molecule has 0 radical (unpaired) electrons. The predicted molar refractivity (Wildman–Crippen MR) is 79.7 cm³/mol. The van der Waals surface area contributed by atoms with Crippen LogP contribution < -0.4 is 10.1 Å². The number of benzene rings is 1. The summed E-state index contributed by atoms with van der Waals surface area (Å²) in [6.45, 7) is 5.87. The van der Waals surface area contributed by atoms with Crippen LogP contribution in [-0.2, 0) is 4.79 Å². The van der Waals surface area contributed by atoms with Gasteiger partial charge in [-0.15, -0.1) is 0 Å². The lowest BCUT2D eigenvalue weighted by molar-refractivity contribution is -0.127. The Morgan fingerprint density at radius 1 is 1.38 bits per heavy atom. The highest BCUT2D eigenvalue weighted by Gasteiger charge is 2.18. The van der Waals surface area contributed by atoms with Crippen molar-refractivity contribution < 1.29 is 19.0 Å². The first-order valence-electron chi connectivity index (χ1n) is 7.37. The van der Waals surface area contributed by atoms with Gasteiger partial charge < -0.3 is 15.2 Å². The van der Waals surface area contributed by atoms with E-state index in [9.17, 15) is 14.3 Å². The number of amides is 1. The second-order valence-corrected chi connectivity index (χ2v) is 5.12. The summed E-state index contributed by atoms with van der Waals surface area (Å²) in [7, 11) is 0. The number of nitrogens with one attached hydrogen (secondary N) is 1. The van der Waals surface area contributed by atoms with E-state index >= 15 is 0 Å². The lowest BCUT2D eigenvalue weighted by atomic mass is 10.1. The fourth-order valence-electron chi connectivity index (χ4n) is 1.93. The molecular formula is C16H24FNO3. The quantitative estimate of drug-likeness (QED) is 0.725. The molecule has 0 aliphatic heterocycles. The molecule has 1 unspecified atom stereocenters. The first-order chi connectivity index (χ1) is 9.95. The van der Waals surface area contributed by atoms with Crippen LogP contribution in [0.1, 0.15) is 51.7 Å². The number of hydrogen-bond donors (Lipinski definition) is 2. The minimum atomic E-state index is -0.865. The molecule has 0 heterocycles. The van der Waals surface area contributed by atoms with E-state index in [1.54, 1.807) is 6.92 Å². The van der Waals surface area contributed by atoms with Gasteiger partial charge in [0.15, 0.2) is 6.10 Å². The van der Waals surface area contributed by atoms with Crippen molar-refractivity contribution in [2.45, 2.75) is 52.2 Å². The van der Waals surface area contributed by atoms with Gasteiger partial charge in [-0.1, -0.05) is 19.8 Å². The van der Waals surface area contributed by atoms with Gasteiger partial charge >= 0.3 is 0 Å². The first-order valence-corrected chi connectivity index (χ1v) is 7.37. The van der Waals surface area contributed by atoms with E-state index in [1.165, 1.54) is 25.1 Å².